The van der Waals surface area contributed by atoms with E-state index in [-0.39, 0.29) is 12.3 Å². The molecule has 3 nitrogen and oxygen atoms in total. The summed E-state index contributed by atoms with van der Waals surface area (Å²) in [7, 11) is 3.30. The predicted molar refractivity (Wildman–Crippen MR) is 66.8 cm³/mol. The van der Waals surface area contributed by atoms with E-state index in [1.807, 2.05) is 6.92 Å². The molecule has 0 radical (unpaired) electrons. The number of aryl methyl sites for hydroxylation is 2. The van der Waals surface area contributed by atoms with E-state index < -0.39 is 0 Å². The van der Waals surface area contributed by atoms with Crippen LogP contribution in [0.1, 0.15) is 18.1 Å². The minimum Gasteiger partial charge on any atom is -0.377 e. The Morgan fingerprint density at radius 3 is 2.00 bits per heavy atom. The highest BCUT2D eigenvalue weighted by atomic mass is 16.7. The Bertz CT molecular complexity index is 314. The molecule has 16 heavy (non-hydrogen) atoms. The molecule has 3 heteroatoms. The van der Waals surface area contributed by atoms with Crippen molar-refractivity contribution in [1.82, 2.24) is 0 Å². The fourth-order valence-corrected chi connectivity index (χ4v) is 1.84. The number of nitrogens with one attached hydrogen (secondary N) is 1. The number of rotatable bonds is 5. The third-order valence-electron chi connectivity index (χ3n) is 2.73. The summed E-state index contributed by atoms with van der Waals surface area (Å²) in [5, 5.41) is 3.43. The molecule has 0 saturated carbocycles. The van der Waals surface area contributed by atoms with Crippen LogP contribution in [0.15, 0.2) is 18.2 Å². The average Bonchev–Trinajstić information content (AvgIpc) is 2.25. The van der Waals surface area contributed by atoms with E-state index in [1.165, 1.54) is 11.1 Å². The molecule has 0 aliphatic rings. The van der Waals surface area contributed by atoms with E-state index >= 15 is 0 Å². The standard InChI is InChI=1S/C13H21NO2/c1-9-7-6-8-10(2)12(9)14-11(3)13(15-4)16-5/h6-8,11,13-14H,1-5H3. The molecule has 0 aliphatic carbocycles. The van der Waals surface area contributed by atoms with Crippen molar-refractivity contribution >= 4 is 5.69 Å². The van der Waals surface area contributed by atoms with E-state index in [0.717, 1.165) is 5.69 Å². The second-order valence-corrected chi connectivity index (χ2v) is 4.04. The van der Waals surface area contributed by atoms with Gasteiger partial charge in [-0.2, -0.15) is 0 Å². The van der Waals surface area contributed by atoms with Gasteiger partial charge in [-0.1, -0.05) is 18.2 Å². The molecule has 0 spiro atoms. The van der Waals surface area contributed by atoms with E-state index in [0.29, 0.717) is 0 Å². The van der Waals surface area contributed by atoms with Crippen molar-refractivity contribution < 1.29 is 9.47 Å². The molecule has 1 aromatic carbocycles. The molecule has 0 heterocycles. The number of para-hydroxylation sites is 1. The maximum atomic E-state index is 5.23. The minimum absolute atomic E-state index is 0.106. The first-order valence-electron chi connectivity index (χ1n) is 5.48. The lowest BCUT2D eigenvalue weighted by Crippen LogP contribution is -2.34. The van der Waals surface area contributed by atoms with Crippen LogP contribution in [0.4, 0.5) is 5.69 Å². The highest BCUT2D eigenvalue weighted by molar-refractivity contribution is 5.57. The minimum atomic E-state index is -0.237. The summed E-state index contributed by atoms with van der Waals surface area (Å²) in [5.41, 5.74) is 3.63. The van der Waals surface area contributed by atoms with Crippen LogP contribution in [-0.2, 0) is 9.47 Å². The van der Waals surface area contributed by atoms with Gasteiger partial charge in [0.05, 0.1) is 6.04 Å². The van der Waals surface area contributed by atoms with Crippen LogP contribution < -0.4 is 5.32 Å². The van der Waals surface area contributed by atoms with Crippen molar-refractivity contribution in [2.75, 3.05) is 19.5 Å². The van der Waals surface area contributed by atoms with Crippen molar-refractivity contribution in [1.29, 1.82) is 0 Å². The summed E-state index contributed by atoms with van der Waals surface area (Å²) >= 11 is 0. The maximum Gasteiger partial charge on any atom is 0.176 e. The van der Waals surface area contributed by atoms with Gasteiger partial charge in [0.2, 0.25) is 0 Å². The van der Waals surface area contributed by atoms with Crippen molar-refractivity contribution in [2.45, 2.75) is 33.1 Å². The van der Waals surface area contributed by atoms with E-state index in [4.69, 9.17) is 9.47 Å². The molecule has 0 aromatic heterocycles. The molecule has 1 N–H and O–H groups in total. The monoisotopic (exact) mass is 223 g/mol. The number of benzene rings is 1. The molecular formula is C13H21NO2. The number of hydrogen-bond acceptors (Lipinski definition) is 3. The van der Waals surface area contributed by atoms with Crippen molar-refractivity contribution in [3.8, 4) is 0 Å². The lowest BCUT2D eigenvalue weighted by molar-refractivity contribution is -0.109. The first-order valence-corrected chi connectivity index (χ1v) is 5.48. The summed E-state index contributed by atoms with van der Waals surface area (Å²) in [5.74, 6) is 0. The van der Waals surface area contributed by atoms with Gasteiger partial charge < -0.3 is 14.8 Å². The zero-order chi connectivity index (χ0) is 12.1. The second-order valence-electron chi connectivity index (χ2n) is 4.04. The number of hydrogen-bond donors (Lipinski definition) is 1. The van der Waals surface area contributed by atoms with Crippen LogP contribution in [0, 0.1) is 13.8 Å². The molecule has 1 atom stereocenters. The molecule has 0 fully saturated rings. The van der Waals surface area contributed by atoms with Crippen molar-refractivity contribution in [3.05, 3.63) is 29.3 Å². The third-order valence-corrected chi connectivity index (χ3v) is 2.73. The first-order chi connectivity index (χ1) is 7.60. The Morgan fingerprint density at radius 2 is 1.56 bits per heavy atom. The molecule has 1 rings (SSSR count). The van der Waals surface area contributed by atoms with Gasteiger partial charge in [-0.25, -0.2) is 0 Å². The van der Waals surface area contributed by atoms with Crippen LogP contribution in [0.25, 0.3) is 0 Å². The maximum absolute atomic E-state index is 5.23. The fraction of sp³-hybridized carbons (Fsp3) is 0.538. The van der Waals surface area contributed by atoms with Crippen LogP contribution in [-0.4, -0.2) is 26.6 Å². The summed E-state index contributed by atoms with van der Waals surface area (Å²) < 4.78 is 10.5. The van der Waals surface area contributed by atoms with Crippen LogP contribution in [0.5, 0.6) is 0 Å². The lowest BCUT2D eigenvalue weighted by atomic mass is 10.1. The number of ether oxygens (including phenoxy) is 2. The zero-order valence-corrected chi connectivity index (χ0v) is 10.7. The van der Waals surface area contributed by atoms with E-state index in [9.17, 15) is 0 Å². The SMILES string of the molecule is COC(OC)C(C)Nc1c(C)cccc1C. The summed E-state index contributed by atoms with van der Waals surface area (Å²) in [6.45, 7) is 6.23. The average molecular weight is 223 g/mol. The lowest BCUT2D eigenvalue weighted by Gasteiger charge is -2.24. The highest BCUT2D eigenvalue weighted by Crippen LogP contribution is 2.21. The smallest absolute Gasteiger partial charge is 0.176 e. The van der Waals surface area contributed by atoms with Gasteiger partial charge in [-0.3, -0.25) is 0 Å². The predicted octanol–water partition coefficient (Wildman–Crippen LogP) is 2.72. The topological polar surface area (TPSA) is 30.5 Å². The third kappa shape index (κ3) is 2.97. The summed E-state index contributed by atoms with van der Waals surface area (Å²) in [6, 6.07) is 6.35. The van der Waals surface area contributed by atoms with Gasteiger partial charge >= 0.3 is 0 Å². The second kappa shape index (κ2) is 5.87. The molecule has 0 saturated heterocycles. The Balaban J connectivity index is 2.80. The van der Waals surface area contributed by atoms with Crippen LogP contribution in [0.2, 0.25) is 0 Å². The Hall–Kier alpha value is -1.06. The molecule has 0 aliphatic heterocycles. The van der Waals surface area contributed by atoms with Crippen molar-refractivity contribution in [2.24, 2.45) is 0 Å². The molecule has 90 valence electrons. The van der Waals surface area contributed by atoms with Gasteiger partial charge in [0.15, 0.2) is 6.29 Å². The van der Waals surface area contributed by atoms with E-state index in [2.05, 4.69) is 37.4 Å². The van der Waals surface area contributed by atoms with Gasteiger partial charge in [0.25, 0.3) is 0 Å². The normalized spacial score (nSPS) is 12.9. The fourth-order valence-electron chi connectivity index (χ4n) is 1.84. The zero-order valence-electron chi connectivity index (χ0n) is 10.7. The Kier molecular flexibility index (Phi) is 4.77. The largest absolute Gasteiger partial charge is 0.377 e. The Labute approximate surface area is 97.8 Å². The quantitative estimate of drug-likeness (QED) is 0.779. The summed E-state index contributed by atoms with van der Waals surface area (Å²) in [6.07, 6.45) is -0.237. The molecule has 1 unspecified atom stereocenters. The van der Waals surface area contributed by atoms with E-state index in [1.54, 1.807) is 14.2 Å². The van der Waals surface area contributed by atoms with Gasteiger partial charge in [-0.05, 0) is 31.9 Å². The van der Waals surface area contributed by atoms with Crippen molar-refractivity contribution in [3.63, 3.8) is 0 Å². The van der Waals surface area contributed by atoms with Gasteiger partial charge in [-0.15, -0.1) is 0 Å². The highest BCUT2D eigenvalue weighted by Gasteiger charge is 2.16. The van der Waals surface area contributed by atoms with Gasteiger partial charge in [0, 0.05) is 19.9 Å². The molecule has 0 bridgehead atoms. The number of methoxy groups -OCH3 is 2. The van der Waals surface area contributed by atoms with Crippen LogP contribution in [0.3, 0.4) is 0 Å². The molecule has 1 aromatic rings. The van der Waals surface area contributed by atoms with Crippen LogP contribution >= 0.6 is 0 Å². The molecule has 0 amide bonds. The summed E-state index contributed by atoms with van der Waals surface area (Å²) in [4.78, 5) is 0. The molecular weight excluding hydrogens is 202 g/mol. The Morgan fingerprint density at radius 1 is 1.06 bits per heavy atom. The van der Waals surface area contributed by atoms with Gasteiger partial charge in [0.1, 0.15) is 0 Å². The first kappa shape index (κ1) is 13.0. The number of anilines is 1.